The van der Waals surface area contributed by atoms with E-state index in [4.69, 9.17) is 63.8 Å². The normalized spacial score (nSPS) is 9.74. The third-order valence-corrected chi connectivity index (χ3v) is 4.15. The van der Waals surface area contributed by atoms with Crippen LogP contribution in [0.5, 0.6) is 5.75 Å². The van der Waals surface area contributed by atoms with Crippen molar-refractivity contribution < 1.29 is 9.78 Å². The van der Waals surface area contributed by atoms with Crippen molar-refractivity contribution in [2.75, 3.05) is 5.84 Å². The number of hydrogen-bond donors (Lipinski definition) is 1. The van der Waals surface area contributed by atoms with Crippen molar-refractivity contribution in [3.8, 4) is 5.75 Å². The summed E-state index contributed by atoms with van der Waals surface area (Å²) in [5, 5.41) is 10.5. The largest absolute Gasteiger partial charge is 0.870 e. The SMILES string of the molecule is N[n+]1ccccc1.[O-]c1c(Cl)c(Cl)c(Cl)c(Cl)c1Cl. The Labute approximate surface area is 135 Å². The smallest absolute Gasteiger partial charge is 0.199 e. The van der Waals surface area contributed by atoms with E-state index in [9.17, 15) is 5.11 Å². The zero-order chi connectivity index (χ0) is 14.6. The number of nitrogen functional groups attached to an aromatic ring is 1. The van der Waals surface area contributed by atoms with Gasteiger partial charge >= 0.3 is 0 Å². The lowest BCUT2D eigenvalue weighted by Gasteiger charge is -2.14. The van der Waals surface area contributed by atoms with Gasteiger partial charge in [-0.25, -0.2) is 5.84 Å². The van der Waals surface area contributed by atoms with Crippen molar-refractivity contribution in [3.63, 3.8) is 0 Å². The molecular weight excluding hydrogens is 353 g/mol. The fourth-order valence-corrected chi connectivity index (χ4v) is 2.12. The van der Waals surface area contributed by atoms with E-state index >= 15 is 0 Å². The molecule has 0 unspecified atom stereocenters. The van der Waals surface area contributed by atoms with Crippen molar-refractivity contribution in [3.05, 3.63) is 55.7 Å². The monoisotopic (exact) mass is 358 g/mol. The molecule has 0 saturated heterocycles. The number of benzene rings is 1. The summed E-state index contributed by atoms with van der Waals surface area (Å²) >= 11 is 27.7. The number of hydrogen-bond acceptors (Lipinski definition) is 2. The number of nitrogens with two attached hydrogens (primary N) is 1. The fraction of sp³-hybridized carbons (Fsp3) is 0. The van der Waals surface area contributed by atoms with Gasteiger partial charge in [0.15, 0.2) is 12.4 Å². The second kappa shape index (κ2) is 7.27. The van der Waals surface area contributed by atoms with Crippen LogP contribution in [0.2, 0.25) is 25.1 Å². The van der Waals surface area contributed by atoms with Gasteiger partial charge in [0.05, 0.1) is 25.1 Å². The number of nitrogens with zero attached hydrogens (tertiary/aromatic N) is 1. The standard InChI is InChI=1S/C6HCl5O.C5H7N2/c7-1-2(8)4(10)6(12)5(11)3(1)9;6-7-4-2-1-3-5-7/h12H;1-5H,6H2/q;+1/p-1. The molecule has 0 radical (unpaired) electrons. The van der Waals surface area contributed by atoms with Crippen LogP contribution in [0.25, 0.3) is 0 Å². The summed E-state index contributed by atoms with van der Waals surface area (Å²) < 4.78 is 1.50. The van der Waals surface area contributed by atoms with Crippen LogP contribution in [0.1, 0.15) is 0 Å². The molecule has 2 N–H and O–H groups in total. The molecule has 19 heavy (non-hydrogen) atoms. The van der Waals surface area contributed by atoms with Crippen molar-refractivity contribution in [1.82, 2.24) is 0 Å². The minimum Gasteiger partial charge on any atom is -0.870 e. The topological polar surface area (TPSA) is 53.0 Å². The summed E-state index contributed by atoms with van der Waals surface area (Å²) in [5.74, 6) is 4.66. The molecule has 8 heteroatoms. The predicted molar refractivity (Wildman–Crippen MR) is 77.7 cm³/mol. The highest BCUT2D eigenvalue weighted by Gasteiger charge is 2.13. The predicted octanol–water partition coefficient (Wildman–Crippen LogP) is 3.72. The van der Waals surface area contributed by atoms with Gasteiger partial charge in [-0.3, -0.25) is 0 Å². The van der Waals surface area contributed by atoms with Crippen LogP contribution in [0.4, 0.5) is 0 Å². The highest BCUT2D eigenvalue weighted by Crippen LogP contribution is 2.46. The maximum Gasteiger partial charge on any atom is 0.199 e. The van der Waals surface area contributed by atoms with Crippen molar-refractivity contribution >= 4 is 58.0 Å². The maximum absolute atomic E-state index is 11.1. The van der Waals surface area contributed by atoms with Gasteiger partial charge in [0.1, 0.15) is 0 Å². The molecule has 0 fully saturated rings. The van der Waals surface area contributed by atoms with Gasteiger partial charge in [-0.2, -0.15) is 0 Å². The maximum atomic E-state index is 11.1. The van der Waals surface area contributed by atoms with Gasteiger partial charge in [0.2, 0.25) is 0 Å². The molecule has 2 rings (SSSR count). The first-order valence-electron chi connectivity index (χ1n) is 4.76. The molecule has 0 aliphatic rings. The first-order chi connectivity index (χ1) is 8.86. The summed E-state index contributed by atoms with van der Waals surface area (Å²) in [5.41, 5.74) is 0. The molecule has 102 valence electrons. The molecule has 2 aromatic rings. The molecule has 1 aromatic heterocycles. The first-order valence-corrected chi connectivity index (χ1v) is 6.65. The van der Waals surface area contributed by atoms with Gasteiger partial charge in [0, 0.05) is 12.1 Å². The molecular formula is C11H7Cl5N2O. The van der Waals surface area contributed by atoms with Crippen LogP contribution in [0.3, 0.4) is 0 Å². The number of aromatic nitrogens is 1. The minimum absolute atomic E-state index is 0.00654. The van der Waals surface area contributed by atoms with E-state index in [-0.39, 0.29) is 25.1 Å². The number of halogens is 5. The Hall–Kier alpha value is -0.580. The van der Waals surface area contributed by atoms with Crippen LogP contribution in [0.15, 0.2) is 30.6 Å². The lowest BCUT2D eigenvalue weighted by atomic mass is 10.3. The van der Waals surface area contributed by atoms with E-state index in [0.29, 0.717) is 0 Å². The van der Waals surface area contributed by atoms with Crippen molar-refractivity contribution in [2.24, 2.45) is 0 Å². The molecule has 3 nitrogen and oxygen atoms in total. The van der Waals surface area contributed by atoms with Crippen molar-refractivity contribution in [2.45, 2.75) is 0 Å². The average Bonchev–Trinajstić information content (AvgIpc) is 2.42. The zero-order valence-electron chi connectivity index (χ0n) is 9.21. The van der Waals surface area contributed by atoms with Crippen LogP contribution >= 0.6 is 58.0 Å². The molecule has 0 atom stereocenters. The summed E-state index contributed by atoms with van der Waals surface area (Å²) in [4.78, 5) is 0. The Morgan fingerprint density at radius 3 is 1.42 bits per heavy atom. The van der Waals surface area contributed by atoms with Gasteiger partial charge in [-0.1, -0.05) is 74.5 Å². The summed E-state index contributed by atoms with van der Waals surface area (Å²) in [6.45, 7) is 0. The lowest BCUT2D eigenvalue weighted by Crippen LogP contribution is -2.42. The van der Waals surface area contributed by atoms with Gasteiger partial charge in [-0.05, 0) is 0 Å². The lowest BCUT2D eigenvalue weighted by molar-refractivity contribution is -0.638. The Morgan fingerprint density at radius 1 is 0.737 bits per heavy atom. The van der Waals surface area contributed by atoms with Gasteiger partial charge < -0.3 is 5.11 Å². The molecule has 0 saturated carbocycles. The van der Waals surface area contributed by atoms with E-state index in [0.717, 1.165) is 0 Å². The summed E-state index contributed by atoms with van der Waals surface area (Å²) in [7, 11) is 0. The van der Waals surface area contributed by atoms with Crippen LogP contribution in [-0.2, 0) is 0 Å². The number of rotatable bonds is 0. The second-order valence-corrected chi connectivity index (χ2v) is 5.11. The quantitative estimate of drug-likeness (QED) is 0.337. The molecule has 1 aromatic carbocycles. The second-order valence-electron chi connectivity index (χ2n) is 3.22. The van der Waals surface area contributed by atoms with Gasteiger partial charge in [0.25, 0.3) is 0 Å². The molecule has 0 spiro atoms. The summed E-state index contributed by atoms with van der Waals surface area (Å²) in [6, 6.07) is 5.67. The highest BCUT2D eigenvalue weighted by atomic mass is 35.5. The van der Waals surface area contributed by atoms with Crippen molar-refractivity contribution in [1.29, 1.82) is 0 Å². The molecule has 1 heterocycles. The van der Waals surface area contributed by atoms with E-state index in [2.05, 4.69) is 0 Å². The Balaban J connectivity index is 0.000000218. The van der Waals surface area contributed by atoms with E-state index < -0.39 is 5.75 Å². The molecule has 0 bridgehead atoms. The van der Waals surface area contributed by atoms with E-state index in [1.54, 1.807) is 12.4 Å². The zero-order valence-corrected chi connectivity index (χ0v) is 13.0. The van der Waals surface area contributed by atoms with Gasteiger partial charge in [-0.15, -0.1) is 0 Å². The molecule has 0 amide bonds. The third-order valence-electron chi connectivity index (χ3n) is 1.91. The number of pyridine rings is 1. The highest BCUT2D eigenvalue weighted by molar-refractivity contribution is 6.55. The third kappa shape index (κ3) is 4.20. The minimum atomic E-state index is -0.613. The molecule has 0 aliphatic heterocycles. The Bertz CT molecular complexity index is 472. The fourth-order valence-electron chi connectivity index (χ4n) is 0.997. The van der Waals surface area contributed by atoms with Crippen LogP contribution in [0, 0.1) is 0 Å². The Kier molecular flexibility index (Phi) is 6.30. The van der Waals surface area contributed by atoms with E-state index in [1.165, 1.54) is 4.68 Å². The van der Waals surface area contributed by atoms with E-state index in [1.807, 2.05) is 18.2 Å². The molecule has 0 aliphatic carbocycles. The first kappa shape index (κ1) is 16.5. The van der Waals surface area contributed by atoms with Crippen LogP contribution < -0.4 is 15.6 Å². The summed E-state index contributed by atoms with van der Waals surface area (Å²) in [6.07, 6.45) is 3.56. The Morgan fingerprint density at radius 2 is 1.11 bits per heavy atom. The average molecular weight is 360 g/mol. The van der Waals surface area contributed by atoms with Crippen LogP contribution in [-0.4, -0.2) is 0 Å².